The molecule has 2 unspecified atom stereocenters. The molecule has 2 saturated heterocycles. The Kier molecular flexibility index (Phi) is 3.46. The van der Waals surface area contributed by atoms with Crippen molar-refractivity contribution in [3.63, 3.8) is 0 Å². The lowest BCUT2D eigenvalue weighted by Gasteiger charge is -2.42. The fraction of sp³-hybridized carbons (Fsp3) is 0.600. The van der Waals surface area contributed by atoms with Crippen molar-refractivity contribution in [2.24, 2.45) is 0 Å². The van der Waals surface area contributed by atoms with Crippen LogP contribution in [-0.4, -0.2) is 46.6 Å². The first-order chi connectivity index (χ1) is 9.11. The molecule has 1 N–H and O–H groups in total. The van der Waals surface area contributed by atoms with Crippen LogP contribution in [0.1, 0.15) is 25.3 Å². The number of hydrogen-bond donors (Lipinski definition) is 1. The third kappa shape index (κ3) is 2.74. The summed E-state index contributed by atoms with van der Waals surface area (Å²) in [5.74, 6) is -0.343. The first-order valence-electron chi connectivity index (χ1n) is 7.08. The standard InChI is InChI=1S/C15H21FN2O/c1-11-8-17-4-2-3-14(17)10-18(11)9-12-5-13(16)7-15(19)6-12/h5-7,11,14,19H,2-4,8-10H2,1H3. The van der Waals surface area contributed by atoms with Crippen molar-refractivity contribution in [3.05, 3.63) is 29.6 Å². The van der Waals surface area contributed by atoms with Gasteiger partial charge in [-0.3, -0.25) is 9.80 Å². The lowest BCUT2D eigenvalue weighted by atomic mass is 10.1. The molecule has 0 bridgehead atoms. The molecular formula is C15H21FN2O. The average molecular weight is 264 g/mol. The van der Waals surface area contributed by atoms with Gasteiger partial charge in [0.15, 0.2) is 0 Å². The van der Waals surface area contributed by atoms with Crippen LogP contribution >= 0.6 is 0 Å². The number of piperazine rings is 1. The van der Waals surface area contributed by atoms with E-state index in [0.717, 1.165) is 31.3 Å². The first kappa shape index (κ1) is 12.9. The Morgan fingerprint density at radius 1 is 1.32 bits per heavy atom. The molecule has 2 aliphatic rings. The summed E-state index contributed by atoms with van der Waals surface area (Å²) in [6.45, 7) is 6.33. The van der Waals surface area contributed by atoms with Gasteiger partial charge in [-0.1, -0.05) is 0 Å². The summed E-state index contributed by atoms with van der Waals surface area (Å²) in [5, 5.41) is 9.47. The predicted octanol–water partition coefficient (Wildman–Crippen LogP) is 2.20. The molecular weight excluding hydrogens is 243 g/mol. The van der Waals surface area contributed by atoms with E-state index in [2.05, 4.69) is 16.7 Å². The van der Waals surface area contributed by atoms with Gasteiger partial charge in [-0.25, -0.2) is 4.39 Å². The second-order valence-corrected chi connectivity index (χ2v) is 5.89. The van der Waals surface area contributed by atoms with Gasteiger partial charge in [0, 0.05) is 37.8 Å². The van der Waals surface area contributed by atoms with E-state index >= 15 is 0 Å². The Morgan fingerprint density at radius 2 is 2.16 bits per heavy atom. The van der Waals surface area contributed by atoms with E-state index in [4.69, 9.17) is 0 Å². The van der Waals surface area contributed by atoms with Crippen molar-refractivity contribution >= 4 is 0 Å². The fourth-order valence-electron chi connectivity index (χ4n) is 3.43. The van der Waals surface area contributed by atoms with E-state index < -0.39 is 0 Å². The molecule has 2 heterocycles. The number of fused-ring (bicyclic) bond motifs is 1. The third-order valence-electron chi connectivity index (χ3n) is 4.39. The Hall–Kier alpha value is -1.13. The van der Waals surface area contributed by atoms with Crippen LogP contribution in [0.4, 0.5) is 4.39 Å². The number of phenols is 1. The smallest absolute Gasteiger partial charge is 0.127 e. The molecule has 19 heavy (non-hydrogen) atoms. The van der Waals surface area contributed by atoms with Crippen LogP contribution in [0.25, 0.3) is 0 Å². The lowest BCUT2D eigenvalue weighted by Crippen LogP contribution is -2.54. The average Bonchev–Trinajstić information content (AvgIpc) is 2.75. The molecule has 1 aromatic carbocycles. The lowest BCUT2D eigenvalue weighted by molar-refractivity contribution is 0.0539. The van der Waals surface area contributed by atoms with Gasteiger partial charge in [0.2, 0.25) is 0 Å². The Morgan fingerprint density at radius 3 is 2.95 bits per heavy atom. The zero-order chi connectivity index (χ0) is 13.4. The van der Waals surface area contributed by atoms with Crippen molar-refractivity contribution in [2.45, 2.75) is 38.4 Å². The molecule has 0 spiro atoms. The number of halogens is 1. The minimum Gasteiger partial charge on any atom is -0.508 e. The molecule has 3 rings (SSSR count). The minimum atomic E-state index is -0.359. The van der Waals surface area contributed by atoms with Crippen LogP contribution in [-0.2, 0) is 6.54 Å². The molecule has 0 aliphatic carbocycles. The SMILES string of the molecule is CC1CN2CCCC2CN1Cc1cc(O)cc(F)c1. The highest BCUT2D eigenvalue weighted by molar-refractivity contribution is 5.28. The summed E-state index contributed by atoms with van der Waals surface area (Å²) < 4.78 is 13.3. The maximum Gasteiger partial charge on any atom is 0.127 e. The molecule has 104 valence electrons. The highest BCUT2D eigenvalue weighted by Crippen LogP contribution is 2.26. The highest BCUT2D eigenvalue weighted by Gasteiger charge is 2.34. The topological polar surface area (TPSA) is 26.7 Å². The van der Waals surface area contributed by atoms with Crippen LogP contribution in [0, 0.1) is 5.82 Å². The van der Waals surface area contributed by atoms with E-state index in [1.54, 1.807) is 6.07 Å². The van der Waals surface area contributed by atoms with Crippen LogP contribution in [0.5, 0.6) is 5.75 Å². The van der Waals surface area contributed by atoms with Gasteiger partial charge < -0.3 is 5.11 Å². The van der Waals surface area contributed by atoms with Crippen LogP contribution in [0.15, 0.2) is 18.2 Å². The molecule has 2 fully saturated rings. The normalized spacial score (nSPS) is 28.5. The van der Waals surface area contributed by atoms with Gasteiger partial charge >= 0.3 is 0 Å². The maximum atomic E-state index is 13.3. The first-order valence-corrected chi connectivity index (χ1v) is 7.08. The predicted molar refractivity (Wildman–Crippen MR) is 72.5 cm³/mol. The van der Waals surface area contributed by atoms with Crippen molar-refractivity contribution in [2.75, 3.05) is 19.6 Å². The largest absolute Gasteiger partial charge is 0.508 e. The zero-order valence-corrected chi connectivity index (χ0v) is 11.3. The third-order valence-corrected chi connectivity index (χ3v) is 4.39. The Labute approximate surface area is 113 Å². The van der Waals surface area contributed by atoms with E-state index in [1.807, 2.05) is 0 Å². The van der Waals surface area contributed by atoms with Gasteiger partial charge in [-0.05, 0) is 44.0 Å². The van der Waals surface area contributed by atoms with Gasteiger partial charge in [0.25, 0.3) is 0 Å². The monoisotopic (exact) mass is 264 g/mol. The van der Waals surface area contributed by atoms with Gasteiger partial charge in [0.05, 0.1) is 0 Å². The molecule has 2 aliphatic heterocycles. The second kappa shape index (κ2) is 5.10. The Balaban J connectivity index is 1.71. The number of nitrogens with zero attached hydrogens (tertiary/aromatic N) is 2. The van der Waals surface area contributed by atoms with E-state index in [-0.39, 0.29) is 11.6 Å². The number of aromatic hydroxyl groups is 1. The zero-order valence-electron chi connectivity index (χ0n) is 11.3. The summed E-state index contributed by atoms with van der Waals surface area (Å²) in [5.41, 5.74) is 0.857. The summed E-state index contributed by atoms with van der Waals surface area (Å²) in [6, 6.07) is 5.49. The quantitative estimate of drug-likeness (QED) is 0.887. The Bertz CT molecular complexity index is 445. The van der Waals surface area contributed by atoms with Crippen molar-refractivity contribution in [3.8, 4) is 5.75 Å². The molecule has 1 aromatic rings. The van der Waals surface area contributed by atoms with E-state index in [9.17, 15) is 9.50 Å². The molecule has 0 amide bonds. The highest BCUT2D eigenvalue weighted by atomic mass is 19.1. The van der Waals surface area contributed by atoms with Gasteiger partial charge in [0.1, 0.15) is 11.6 Å². The summed E-state index contributed by atoms with van der Waals surface area (Å²) >= 11 is 0. The molecule has 4 heteroatoms. The van der Waals surface area contributed by atoms with Crippen molar-refractivity contribution in [1.29, 1.82) is 0 Å². The summed E-state index contributed by atoms with van der Waals surface area (Å²) in [7, 11) is 0. The van der Waals surface area contributed by atoms with Gasteiger partial charge in [-0.2, -0.15) is 0 Å². The van der Waals surface area contributed by atoms with Crippen LogP contribution < -0.4 is 0 Å². The van der Waals surface area contributed by atoms with E-state index in [0.29, 0.717) is 12.1 Å². The molecule has 0 radical (unpaired) electrons. The minimum absolute atomic E-state index is 0.0159. The number of benzene rings is 1. The number of hydrogen-bond acceptors (Lipinski definition) is 3. The van der Waals surface area contributed by atoms with E-state index in [1.165, 1.54) is 25.5 Å². The maximum absolute atomic E-state index is 13.3. The number of rotatable bonds is 2. The molecule has 0 aromatic heterocycles. The molecule has 3 nitrogen and oxygen atoms in total. The second-order valence-electron chi connectivity index (χ2n) is 5.89. The molecule has 0 saturated carbocycles. The van der Waals surface area contributed by atoms with Gasteiger partial charge in [-0.15, -0.1) is 0 Å². The summed E-state index contributed by atoms with van der Waals surface area (Å²) in [4.78, 5) is 4.98. The van der Waals surface area contributed by atoms with Crippen LogP contribution in [0.3, 0.4) is 0 Å². The fourth-order valence-corrected chi connectivity index (χ4v) is 3.43. The van der Waals surface area contributed by atoms with Crippen molar-refractivity contribution < 1.29 is 9.50 Å². The van der Waals surface area contributed by atoms with Crippen LogP contribution in [0.2, 0.25) is 0 Å². The molecule has 2 atom stereocenters. The summed E-state index contributed by atoms with van der Waals surface area (Å²) in [6.07, 6.45) is 2.57. The van der Waals surface area contributed by atoms with Crippen molar-refractivity contribution in [1.82, 2.24) is 9.80 Å². The number of phenolic OH excluding ortho intramolecular Hbond substituents is 1.